The third-order valence-corrected chi connectivity index (χ3v) is 3.24. The maximum Gasteiger partial charge on any atom is 0.130 e. The van der Waals surface area contributed by atoms with E-state index in [1.54, 1.807) is 17.8 Å². The maximum atomic E-state index is 13.5. The van der Waals surface area contributed by atoms with Crippen molar-refractivity contribution in [2.45, 2.75) is 12.5 Å². The topological polar surface area (TPSA) is 33.1 Å². The Morgan fingerprint density at radius 3 is 2.94 bits per heavy atom. The number of benzene rings is 1. The van der Waals surface area contributed by atoms with Gasteiger partial charge in [0.05, 0.1) is 11.6 Å². The van der Waals surface area contributed by atoms with E-state index in [1.165, 1.54) is 23.5 Å². The molecule has 0 aliphatic carbocycles. The van der Waals surface area contributed by atoms with Crippen LogP contribution < -0.4 is 0 Å². The predicted molar refractivity (Wildman–Crippen MR) is 62.2 cm³/mol. The average Bonchev–Trinajstić information content (AvgIpc) is 2.70. The van der Waals surface area contributed by atoms with E-state index in [9.17, 15) is 9.50 Å². The molecule has 1 atom stereocenters. The molecule has 2 rings (SSSR count). The molecule has 0 amide bonds. The quantitative estimate of drug-likeness (QED) is 0.916. The van der Waals surface area contributed by atoms with Crippen molar-refractivity contribution in [3.05, 3.63) is 51.2 Å². The predicted octanol–water partition coefficient (Wildman–Crippen LogP) is 3.21. The highest BCUT2D eigenvalue weighted by atomic mass is 35.5. The van der Waals surface area contributed by atoms with Crippen molar-refractivity contribution in [1.29, 1.82) is 0 Å². The van der Waals surface area contributed by atoms with Gasteiger partial charge in [-0.15, -0.1) is 11.3 Å². The molecule has 0 fully saturated rings. The molecule has 0 aliphatic rings. The van der Waals surface area contributed by atoms with Crippen molar-refractivity contribution in [1.82, 2.24) is 4.98 Å². The maximum absolute atomic E-state index is 13.5. The summed E-state index contributed by atoms with van der Waals surface area (Å²) >= 11 is 7.07. The minimum Gasteiger partial charge on any atom is -0.388 e. The van der Waals surface area contributed by atoms with Crippen LogP contribution in [0.2, 0.25) is 5.02 Å². The molecule has 84 valence electrons. The Bertz CT molecular complexity index is 475. The third kappa shape index (κ3) is 2.58. The zero-order chi connectivity index (χ0) is 11.5. The monoisotopic (exact) mass is 257 g/mol. The zero-order valence-corrected chi connectivity index (χ0v) is 9.80. The van der Waals surface area contributed by atoms with Gasteiger partial charge in [0.25, 0.3) is 0 Å². The van der Waals surface area contributed by atoms with Gasteiger partial charge >= 0.3 is 0 Å². The summed E-state index contributed by atoms with van der Waals surface area (Å²) in [6.07, 6.45) is 1.17. The highest BCUT2D eigenvalue weighted by Crippen LogP contribution is 2.24. The lowest BCUT2D eigenvalue weighted by Crippen LogP contribution is -2.03. The fraction of sp³-hybridized carbons (Fsp3) is 0.182. The van der Waals surface area contributed by atoms with Gasteiger partial charge in [-0.3, -0.25) is 4.98 Å². The van der Waals surface area contributed by atoms with Crippen LogP contribution in [0.5, 0.6) is 0 Å². The lowest BCUT2D eigenvalue weighted by atomic mass is 10.1. The van der Waals surface area contributed by atoms with Gasteiger partial charge in [-0.05, 0) is 12.1 Å². The Morgan fingerprint density at radius 1 is 1.50 bits per heavy atom. The molecule has 0 radical (unpaired) electrons. The number of hydrogen-bond donors (Lipinski definition) is 1. The standard InChI is InChI=1S/C11H9ClFNOS/c12-7-1-2-9(10(13)3-7)11(15)4-8-5-14-6-16-8/h1-3,5-6,11,15H,4H2. The Morgan fingerprint density at radius 2 is 2.31 bits per heavy atom. The summed E-state index contributed by atoms with van der Waals surface area (Å²) in [5, 5.41) is 10.2. The summed E-state index contributed by atoms with van der Waals surface area (Å²) in [7, 11) is 0. The molecule has 0 aliphatic heterocycles. The van der Waals surface area contributed by atoms with E-state index in [1.807, 2.05) is 0 Å². The van der Waals surface area contributed by atoms with Crippen LogP contribution in [0.15, 0.2) is 29.9 Å². The van der Waals surface area contributed by atoms with E-state index < -0.39 is 11.9 Å². The van der Waals surface area contributed by atoms with E-state index in [0.29, 0.717) is 11.4 Å². The summed E-state index contributed by atoms with van der Waals surface area (Å²) in [6, 6.07) is 4.27. The van der Waals surface area contributed by atoms with Crippen LogP contribution in [0.25, 0.3) is 0 Å². The molecule has 0 spiro atoms. The number of halogens is 2. The van der Waals surface area contributed by atoms with Gasteiger partial charge in [0.2, 0.25) is 0 Å². The molecular weight excluding hydrogens is 249 g/mol. The third-order valence-electron chi connectivity index (χ3n) is 2.20. The first-order chi connectivity index (χ1) is 7.66. The van der Waals surface area contributed by atoms with Crippen molar-refractivity contribution < 1.29 is 9.50 Å². The summed E-state index contributed by atoms with van der Waals surface area (Å²) in [6.45, 7) is 0. The van der Waals surface area contributed by atoms with E-state index in [0.717, 1.165) is 4.88 Å². The molecule has 5 heteroatoms. The van der Waals surface area contributed by atoms with Gasteiger partial charge in [0.15, 0.2) is 0 Å². The number of aromatic nitrogens is 1. The molecular formula is C11H9ClFNOS. The second-order valence-corrected chi connectivity index (χ2v) is 4.76. The van der Waals surface area contributed by atoms with Gasteiger partial charge < -0.3 is 5.11 Å². The number of rotatable bonds is 3. The number of thiazole rings is 1. The van der Waals surface area contributed by atoms with Gasteiger partial charge in [-0.1, -0.05) is 17.7 Å². The molecule has 1 unspecified atom stereocenters. The Hall–Kier alpha value is -0.970. The number of nitrogens with zero attached hydrogens (tertiary/aromatic N) is 1. The normalized spacial score (nSPS) is 12.7. The molecule has 1 aromatic carbocycles. The van der Waals surface area contributed by atoms with Crippen LogP contribution in [-0.2, 0) is 6.42 Å². The molecule has 1 aromatic heterocycles. The van der Waals surface area contributed by atoms with Crippen LogP contribution in [0.4, 0.5) is 4.39 Å². The Balaban J connectivity index is 2.17. The first kappa shape index (κ1) is 11.5. The second-order valence-electron chi connectivity index (χ2n) is 3.35. The highest BCUT2D eigenvalue weighted by molar-refractivity contribution is 7.09. The largest absolute Gasteiger partial charge is 0.388 e. The molecule has 0 saturated carbocycles. The lowest BCUT2D eigenvalue weighted by Gasteiger charge is -2.10. The van der Waals surface area contributed by atoms with Crippen LogP contribution in [0.1, 0.15) is 16.5 Å². The van der Waals surface area contributed by atoms with E-state index >= 15 is 0 Å². The van der Waals surface area contributed by atoms with E-state index in [2.05, 4.69) is 4.98 Å². The zero-order valence-electron chi connectivity index (χ0n) is 8.23. The van der Waals surface area contributed by atoms with Crippen molar-refractivity contribution in [2.75, 3.05) is 0 Å². The average molecular weight is 258 g/mol. The fourth-order valence-corrected chi connectivity index (χ4v) is 2.21. The molecule has 0 saturated heterocycles. The summed E-state index contributed by atoms with van der Waals surface area (Å²) in [5.41, 5.74) is 1.94. The van der Waals surface area contributed by atoms with Crippen LogP contribution in [0, 0.1) is 5.82 Å². The van der Waals surface area contributed by atoms with Crippen LogP contribution in [0.3, 0.4) is 0 Å². The van der Waals surface area contributed by atoms with Gasteiger partial charge in [0.1, 0.15) is 5.82 Å². The lowest BCUT2D eigenvalue weighted by molar-refractivity contribution is 0.174. The Labute approximate surface area is 101 Å². The molecule has 1 heterocycles. The first-order valence-electron chi connectivity index (χ1n) is 4.67. The molecule has 2 aromatic rings. The SMILES string of the molecule is OC(Cc1cncs1)c1ccc(Cl)cc1F. The first-order valence-corrected chi connectivity index (χ1v) is 5.93. The smallest absolute Gasteiger partial charge is 0.130 e. The summed E-state index contributed by atoms with van der Waals surface area (Å²) in [5.74, 6) is -0.482. The van der Waals surface area contributed by atoms with Gasteiger partial charge in [0, 0.05) is 28.1 Å². The van der Waals surface area contributed by atoms with E-state index in [-0.39, 0.29) is 5.56 Å². The number of aliphatic hydroxyl groups is 1. The molecule has 16 heavy (non-hydrogen) atoms. The van der Waals surface area contributed by atoms with Crippen molar-refractivity contribution >= 4 is 22.9 Å². The molecule has 2 nitrogen and oxygen atoms in total. The van der Waals surface area contributed by atoms with E-state index in [4.69, 9.17) is 11.6 Å². The van der Waals surface area contributed by atoms with Crippen LogP contribution in [-0.4, -0.2) is 10.1 Å². The summed E-state index contributed by atoms with van der Waals surface area (Å²) in [4.78, 5) is 4.82. The number of hydrogen-bond acceptors (Lipinski definition) is 3. The second kappa shape index (κ2) is 4.91. The van der Waals surface area contributed by atoms with Gasteiger partial charge in [-0.25, -0.2) is 4.39 Å². The fourth-order valence-electron chi connectivity index (χ4n) is 1.42. The highest BCUT2D eigenvalue weighted by Gasteiger charge is 2.14. The molecule has 0 bridgehead atoms. The van der Waals surface area contributed by atoms with Gasteiger partial charge in [-0.2, -0.15) is 0 Å². The van der Waals surface area contributed by atoms with Crippen molar-refractivity contribution in [2.24, 2.45) is 0 Å². The summed E-state index contributed by atoms with van der Waals surface area (Å²) < 4.78 is 13.5. The minimum atomic E-state index is -0.863. The van der Waals surface area contributed by atoms with Crippen LogP contribution >= 0.6 is 22.9 Å². The van der Waals surface area contributed by atoms with Crippen molar-refractivity contribution in [3.8, 4) is 0 Å². The molecule has 1 N–H and O–H groups in total. The number of aliphatic hydroxyl groups excluding tert-OH is 1. The van der Waals surface area contributed by atoms with Crippen molar-refractivity contribution in [3.63, 3.8) is 0 Å². The Kier molecular flexibility index (Phi) is 3.53. The minimum absolute atomic E-state index is 0.262.